The van der Waals surface area contributed by atoms with E-state index in [-0.39, 0.29) is 11.9 Å². The van der Waals surface area contributed by atoms with Gasteiger partial charge in [-0.15, -0.1) is 0 Å². The minimum atomic E-state index is -4.44. The van der Waals surface area contributed by atoms with Crippen LogP contribution in [0.3, 0.4) is 0 Å². The molecule has 234 valence electrons. The van der Waals surface area contributed by atoms with E-state index in [4.69, 9.17) is 0 Å². The predicted molar refractivity (Wildman–Crippen MR) is 169 cm³/mol. The lowest BCUT2D eigenvalue weighted by atomic mass is 9.93. The molecule has 0 spiro atoms. The zero-order chi connectivity index (χ0) is 31.9. The highest BCUT2D eigenvalue weighted by Gasteiger charge is 2.34. The molecule has 1 N–H and O–H groups in total. The van der Waals surface area contributed by atoms with Crippen LogP contribution in [0, 0.1) is 13.8 Å². The van der Waals surface area contributed by atoms with Crippen LogP contribution in [-0.2, 0) is 29.0 Å². The first kappa shape index (κ1) is 31.0. The summed E-state index contributed by atoms with van der Waals surface area (Å²) >= 11 is 0. The van der Waals surface area contributed by atoms with E-state index in [1.54, 1.807) is 28.6 Å². The molecule has 0 radical (unpaired) electrons. The van der Waals surface area contributed by atoms with Gasteiger partial charge in [-0.1, -0.05) is 48.0 Å². The molecule has 1 aliphatic heterocycles. The molecule has 1 saturated heterocycles. The number of nitrogens with one attached hydrogen (secondary N) is 1. The van der Waals surface area contributed by atoms with Crippen molar-refractivity contribution in [2.75, 3.05) is 31.5 Å². The third kappa shape index (κ3) is 6.40. The molecule has 4 aromatic rings. The fourth-order valence-electron chi connectivity index (χ4n) is 6.36. The van der Waals surface area contributed by atoms with E-state index in [2.05, 4.69) is 10.2 Å². The van der Waals surface area contributed by atoms with Crippen LogP contribution in [0.5, 0.6) is 0 Å². The van der Waals surface area contributed by atoms with Crippen molar-refractivity contribution in [1.29, 1.82) is 0 Å². The van der Waals surface area contributed by atoms with Gasteiger partial charge in [-0.3, -0.25) is 9.69 Å². The van der Waals surface area contributed by atoms with Crippen LogP contribution >= 0.6 is 0 Å². The van der Waals surface area contributed by atoms with Crippen molar-refractivity contribution >= 4 is 21.6 Å². The first-order valence-electron chi connectivity index (χ1n) is 14.9. The molecular weight excluding hydrogens is 599 g/mol. The Morgan fingerprint density at radius 3 is 2.16 bits per heavy atom. The number of rotatable bonds is 6. The minimum Gasteiger partial charge on any atom is -0.322 e. The van der Waals surface area contributed by atoms with Crippen molar-refractivity contribution in [3.05, 3.63) is 118 Å². The number of hydrogen-bond donors (Lipinski definition) is 1. The van der Waals surface area contributed by atoms with Gasteiger partial charge in [0.05, 0.1) is 10.5 Å². The van der Waals surface area contributed by atoms with Gasteiger partial charge in [0.1, 0.15) is 0 Å². The second kappa shape index (κ2) is 12.1. The summed E-state index contributed by atoms with van der Waals surface area (Å²) in [5, 5.41) is 2.99. The quantitative estimate of drug-likeness (QED) is 0.256. The number of anilines is 1. The number of nitrogens with zero attached hydrogens (tertiary/aromatic N) is 2. The molecule has 0 saturated carbocycles. The molecule has 0 bridgehead atoms. The topological polar surface area (TPSA) is 69.7 Å². The van der Waals surface area contributed by atoms with Gasteiger partial charge < -0.3 is 5.32 Å². The summed E-state index contributed by atoms with van der Waals surface area (Å²) in [4.78, 5) is 16.1. The van der Waals surface area contributed by atoms with E-state index in [9.17, 15) is 26.4 Å². The maximum absolute atomic E-state index is 13.5. The summed E-state index contributed by atoms with van der Waals surface area (Å²) in [6, 6.07) is 23.2. The smallest absolute Gasteiger partial charge is 0.322 e. The van der Waals surface area contributed by atoms with E-state index in [1.165, 1.54) is 17.7 Å². The zero-order valence-corrected chi connectivity index (χ0v) is 25.9. The average Bonchev–Trinajstić information content (AvgIpc) is 3.44. The highest BCUT2D eigenvalue weighted by atomic mass is 32.2. The van der Waals surface area contributed by atoms with Gasteiger partial charge in [0.25, 0.3) is 5.91 Å². The Morgan fingerprint density at radius 1 is 0.822 bits per heavy atom. The van der Waals surface area contributed by atoms with Crippen LogP contribution in [0.2, 0.25) is 0 Å². The third-order valence-corrected chi connectivity index (χ3v) is 10.8. The van der Waals surface area contributed by atoms with E-state index in [1.807, 2.05) is 50.2 Å². The molecule has 6 nitrogen and oxygen atoms in total. The van der Waals surface area contributed by atoms with Crippen molar-refractivity contribution in [3.8, 4) is 11.1 Å². The number of aryl methyl sites for hydroxylation is 2. The maximum atomic E-state index is 13.5. The Morgan fingerprint density at radius 2 is 1.49 bits per heavy atom. The maximum Gasteiger partial charge on any atom is 0.416 e. The van der Waals surface area contributed by atoms with Crippen molar-refractivity contribution in [3.63, 3.8) is 0 Å². The molecule has 10 heteroatoms. The van der Waals surface area contributed by atoms with E-state index < -0.39 is 21.8 Å². The second-order valence-electron chi connectivity index (χ2n) is 11.8. The lowest BCUT2D eigenvalue weighted by Crippen LogP contribution is -2.52. The van der Waals surface area contributed by atoms with Crippen molar-refractivity contribution in [2.45, 2.75) is 43.8 Å². The molecule has 0 aromatic heterocycles. The Labute approximate surface area is 261 Å². The summed E-state index contributed by atoms with van der Waals surface area (Å²) in [6.07, 6.45) is -2.79. The Bertz CT molecular complexity index is 1830. The summed E-state index contributed by atoms with van der Waals surface area (Å²) in [7, 11) is -3.53. The highest BCUT2D eigenvalue weighted by molar-refractivity contribution is 7.89. The molecule has 1 heterocycles. The number of carbonyl (C=O) groups excluding carboxylic acids is 1. The monoisotopic (exact) mass is 633 g/mol. The Kier molecular flexibility index (Phi) is 8.32. The first-order chi connectivity index (χ1) is 21.4. The van der Waals surface area contributed by atoms with E-state index in [0.717, 1.165) is 41.7 Å². The SMILES string of the molecule is Cc1ccc(S(=O)(=O)N2CCN(C3Cc4ccc(NC(=O)c5cccc(C)c5-c5ccc(C(F)(F)F)cc5)cc4C3)CC2)cc1. The number of fused-ring (bicyclic) bond motifs is 1. The number of alkyl halides is 3. The predicted octanol–water partition coefficient (Wildman–Crippen LogP) is 6.72. The van der Waals surface area contributed by atoms with Crippen LogP contribution in [0.15, 0.2) is 89.8 Å². The third-order valence-electron chi connectivity index (χ3n) is 8.84. The van der Waals surface area contributed by atoms with Gasteiger partial charge >= 0.3 is 6.18 Å². The molecule has 1 atom stereocenters. The van der Waals surface area contributed by atoms with Gasteiger partial charge in [-0.2, -0.15) is 17.5 Å². The van der Waals surface area contributed by atoms with Gasteiger partial charge in [0, 0.05) is 43.5 Å². The molecule has 1 amide bonds. The highest BCUT2D eigenvalue weighted by Crippen LogP contribution is 2.34. The standard InChI is InChI=1S/C35H34F3N3O3S/c1-23-6-14-31(15-7-23)45(43,44)41-18-16-40(17-19-41)30-21-26-10-13-29(20-27(26)22-30)39-34(42)32-5-3-4-24(2)33(32)25-8-11-28(12-9-25)35(36,37)38/h3-15,20,30H,16-19,21-22H2,1-2H3,(H,39,42). The van der Waals surface area contributed by atoms with Gasteiger partial charge in [0.2, 0.25) is 10.0 Å². The second-order valence-corrected chi connectivity index (χ2v) is 13.8. The Hall–Kier alpha value is -3.99. The van der Waals surface area contributed by atoms with E-state index in [0.29, 0.717) is 53.5 Å². The molecule has 1 aliphatic carbocycles. The summed E-state index contributed by atoms with van der Waals surface area (Å²) < 4.78 is 67.2. The van der Waals surface area contributed by atoms with Crippen LogP contribution in [0.1, 0.15) is 38.2 Å². The normalized spacial score (nSPS) is 17.7. The van der Waals surface area contributed by atoms with E-state index >= 15 is 0 Å². The number of carbonyl (C=O) groups is 1. The van der Waals surface area contributed by atoms with Gasteiger partial charge in [-0.25, -0.2) is 8.42 Å². The van der Waals surface area contributed by atoms with Crippen molar-refractivity contribution in [1.82, 2.24) is 9.21 Å². The Balaban J connectivity index is 1.11. The van der Waals surface area contributed by atoms with Crippen LogP contribution in [0.25, 0.3) is 11.1 Å². The van der Waals surface area contributed by atoms with Crippen LogP contribution < -0.4 is 5.32 Å². The zero-order valence-electron chi connectivity index (χ0n) is 25.1. The summed E-state index contributed by atoms with van der Waals surface area (Å²) in [6.45, 7) is 5.92. The fraction of sp³-hybridized carbons (Fsp3) is 0.286. The number of sulfonamides is 1. The lowest BCUT2D eigenvalue weighted by Gasteiger charge is -2.37. The van der Waals surface area contributed by atoms with Crippen molar-refractivity contribution < 1.29 is 26.4 Å². The minimum absolute atomic E-state index is 0.248. The van der Waals surface area contributed by atoms with Crippen LogP contribution in [0.4, 0.5) is 18.9 Å². The molecular formula is C35H34F3N3O3S. The van der Waals surface area contributed by atoms with Gasteiger partial charge in [-0.05, 0) is 97.0 Å². The summed E-state index contributed by atoms with van der Waals surface area (Å²) in [5.41, 5.74) is 5.55. The molecule has 6 rings (SSSR count). The number of amides is 1. The molecule has 1 fully saturated rings. The number of hydrogen-bond acceptors (Lipinski definition) is 4. The van der Waals surface area contributed by atoms with Gasteiger partial charge in [0.15, 0.2) is 0 Å². The van der Waals surface area contributed by atoms with Crippen LogP contribution in [-0.4, -0.2) is 55.8 Å². The number of halogens is 3. The lowest BCUT2D eigenvalue weighted by molar-refractivity contribution is -0.137. The van der Waals surface area contributed by atoms with Crippen molar-refractivity contribution in [2.24, 2.45) is 0 Å². The first-order valence-corrected chi connectivity index (χ1v) is 16.4. The fourth-order valence-corrected chi connectivity index (χ4v) is 7.79. The molecule has 2 aliphatic rings. The summed E-state index contributed by atoms with van der Waals surface area (Å²) in [5.74, 6) is -0.339. The number of benzene rings is 4. The molecule has 1 unspecified atom stereocenters. The number of piperazine rings is 1. The molecule has 4 aromatic carbocycles. The molecule has 45 heavy (non-hydrogen) atoms. The average molecular weight is 634 g/mol. The largest absolute Gasteiger partial charge is 0.416 e.